The van der Waals surface area contributed by atoms with Crippen molar-refractivity contribution in [1.29, 1.82) is 0 Å². The summed E-state index contributed by atoms with van der Waals surface area (Å²) in [7, 11) is -0.400. The second-order valence-corrected chi connectivity index (χ2v) is 9.98. The average Bonchev–Trinajstić information content (AvgIpc) is 2.90. The number of halogens is 1. The number of hydrogen-bond donors (Lipinski definition) is 0. The summed E-state index contributed by atoms with van der Waals surface area (Å²) in [5, 5.41) is 5.26. The number of benzene rings is 1. The van der Waals surface area contributed by atoms with E-state index in [-0.39, 0.29) is 0 Å². The summed E-state index contributed by atoms with van der Waals surface area (Å²) in [5.41, 5.74) is 2.45. The van der Waals surface area contributed by atoms with E-state index >= 15 is 0 Å². The first-order valence-electron chi connectivity index (χ1n) is 9.34. The van der Waals surface area contributed by atoms with Crippen LogP contribution in [-0.4, -0.2) is 72.6 Å². The first-order valence-corrected chi connectivity index (χ1v) is 11.2. The van der Waals surface area contributed by atoms with Gasteiger partial charge in [-0.2, -0.15) is 5.10 Å². The zero-order valence-corrected chi connectivity index (χ0v) is 18.5. The molecule has 0 amide bonds. The van der Waals surface area contributed by atoms with Crippen LogP contribution in [0.25, 0.3) is 0 Å². The molecule has 7 nitrogen and oxygen atoms in total. The van der Waals surface area contributed by atoms with Crippen molar-refractivity contribution in [1.82, 2.24) is 23.9 Å². The Morgan fingerprint density at radius 2 is 1.75 bits per heavy atom. The minimum Gasteiger partial charge on any atom is -0.297 e. The van der Waals surface area contributed by atoms with Crippen LogP contribution >= 0.6 is 11.6 Å². The van der Waals surface area contributed by atoms with Crippen molar-refractivity contribution in [2.45, 2.75) is 32.0 Å². The first kappa shape index (κ1) is 21.3. The molecule has 1 aromatic heterocycles. The lowest BCUT2D eigenvalue weighted by atomic mass is 10.2. The van der Waals surface area contributed by atoms with Gasteiger partial charge in [-0.15, -0.1) is 0 Å². The van der Waals surface area contributed by atoms with Gasteiger partial charge in [0.15, 0.2) is 0 Å². The van der Waals surface area contributed by atoms with Crippen molar-refractivity contribution >= 4 is 21.6 Å². The molecule has 0 radical (unpaired) electrons. The van der Waals surface area contributed by atoms with Crippen LogP contribution in [0.4, 0.5) is 0 Å². The Morgan fingerprint density at radius 3 is 2.36 bits per heavy atom. The highest BCUT2D eigenvalue weighted by atomic mass is 35.5. The van der Waals surface area contributed by atoms with Crippen molar-refractivity contribution in [2.24, 2.45) is 0 Å². The predicted molar refractivity (Wildman–Crippen MR) is 111 cm³/mol. The number of aryl methyl sites for hydroxylation is 1. The number of piperazine rings is 1. The molecule has 0 N–H and O–H groups in total. The predicted octanol–water partition coefficient (Wildman–Crippen LogP) is 2.18. The van der Waals surface area contributed by atoms with Crippen LogP contribution in [0.5, 0.6) is 0 Å². The Bertz CT molecular complexity index is 934. The van der Waals surface area contributed by atoms with Crippen molar-refractivity contribution in [3.05, 3.63) is 46.2 Å². The van der Waals surface area contributed by atoms with E-state index in [4.69, 9.17) is 11.6 Å². The minimum atomic E-state index is -3.49. The third kappa shape index (κ3) is 4.58. The molecule has 0 atom stereocenters. The van der Waals surface area contributed by atoms with Crippen LogP contribution in [0, 0.1) is 13.8 Å². The number of nitrogens with zero attached hydrogens (tertiary/aromatic N) is 5. The molecular weight excluding hydrogens is 398 g/mol. The quantitative estimate of drug-likeness (QED) is 0.709. The molecule has 1 aromatic carbocycles. The Kier molecular flexibility index (Phi) is 6.46. The first-order chi connectivity index (χ1) is 13.2. The van der Waals surface area contributed by atoms with Crippen molar-refractivity contribution in [3.63, 3.8) is 0 Å². The van der Waals surface area contributed by atoms with Gasteiger partial charge < -0.3 is 0 Å². The van der Waals surface area contributed by atoms with E-state index in [0.29, 0.717) is 23.0 Å². The maximum Gasteiger partial charge on any atom is 0.246 e. The Hall–Kier alpha value is -1.45. The largest absolute Gasteiger partial charge is 0.297 e. The van der Waals surface area contributed by atoms with Gasteiger partial charge in [0, 0.05) is 51.8 Å². The second-order valence-electron chi connectivity index (χ2n) is 7.45. The monoisotopic (exact) mass is 425 g/mol. The molecular formula is C19H28ClN5O2S. The van der Waals surface area contributed by atoms with E-state index in [1.165, 1.54) is 9.87 Å². The molecule has 2 heterocycles. The van der Waals surface area contributed by atoms with E-state index < -0.39 is 10.0 Å². The van der Waals surface area contributed by atoms with Crippen molar-refractivity contribution in [3.8, 4) is 0 Å². The fourth-order valence-corrected chi connectivity index (χ4v) is 5.02. The molecule has 1 fully saturated rings. The van der Waals surface area contributed by atoms with Gasteiger partial charge in [0.25, 0.3) is 0 Å². The molecule has 0 spiro atoms. The molecule has 1 aliphatic heterocycles. The van der Waals surface area contributed by atoms with E-state index in [2.05, 4.69) is 21.0 Å². The van der Waals surface area contributed by atoms with E-state index in [1.54, 1.807) is 25.7 Å². The Morgan fingerprint density at radius 1 is 1.11 bits per heavy atom. The zero-order valence-electron chi connectivity index (χ0n) is 16.9. The van der Waals surface area contributed by atoms with Crippen LogP contribution in [0.2, 0.25) is 5.02 Å². The van der Waals surface area contributed by atoms with E-state index in [9.17, 15) is 8.42 Å². The summed E-state index contributed by atoms with van der Waals surface area (Å²) in [5.74, 6) is 0. The smallest absolute Gasteiger partial charge is 0.246 e. The number of aromatic nitrogens is 2. The summed E-state index contributed by atoms with van der Waals surface area (Å²) < 4.78 is 28.2. The van der Waals surface area contributed by atoms with Crippen LogP contribution < -0.4 is 0 Å². The third-order valence-electron chi connectivity index (χ3n) is 5.15. The topological polar surface area (TPSA) is 61.7 Å². The molecule has 154 valence electrons. The fourth-order valence-electron chi connectivity index (χ4n) is 3.55. The summed E-state index contributed by atoms with van der Waals surface area (Å²) in [6, 6.07) is 7.98. The highest BCUT2D eigenvalue weighted by Crippen LogP contribution is 2.22. The van der Waals surface area contributed by atoms with E-state index in [0.717, 1.165) is 37.7 Å². The maximum absolute atomic E-state index is 12.6. The van der Waals surface area contributed by atoms with E-state index in [1.807, 2.05) is 25.1 Å². The van der Waals surface area contributed by atoms with Gasteiger partial charge in [0.2, 0.25) is 10.0 Å². The average molecular weight is 426 g/mol. The standard InChI is InChI=1S/C19H28ClN5O2S/c1-15-19(28(26,27)22(3)4)16(2)25(21-15)14-24-10-8-23(9-11-24)13-17-6-5-7-18(20)12-17/h5-7,12H,8-11,13-14H2,1-4H3. The summed E-state index contributed by atoms with van der Waals surface area (Å²) in [6.45, 7) is 8.79. The van der Waals surface area contributed by atoms with Crippen LogP contribution in [0.15, 0.2) is 29.2 Å². The summed E-state index contributed by atoms with van der Waals surface area (Å²) in [6.07, 6.45) is 0. The maximum atomic E-state index is 12.6. The van der Waals surface area contributed by atoms with Crippen molar-refractivity contribution in [2.75, 3.05) is 40.3 Å². The normalized spacial score (nSPS) is 16.8. The van der Waals surface area contributed by atoms with Gasteiger partial charge in [0.05, 0.1) is 18.1 Å². The van der Waals surface area contributed by atoms with Crippen molar-refractivity contribution < 1.29 is 8.42 Å². The Labute approximate surface area is 172 Å². The van der Waals surface area contributed by atoms with Gasteiger partial charge in [-0.05, 0) is 31.5 Å². The minimum absolute atomic E-state index is 0.317. The van der Waals surface area contributed by atoms with Crippen LogP contribution in [0.3, 0.4) is 0 Å². The number of hydrogen-bond acceptors (Lipinski definition) is 5. The van der Waals surface area contributed by atoms with Gasteiger partial charge >= 0.3 is 0 Å². The Balaban J connectivity index is 1.62. The molecule has 0 bridgehead atoms. The second kappa shape index (κ2) is 8.51. The lowest BCUT2D eigenvalue weighted by Crippen LogP contribution is -2.46. The molecule has 3 rings (SSSR count). The zero-order chi connectivity index (χ0) is 20.5. The van der Waals surface area contributed by atoms with Gasteiger partial charge in [-0.25, -0.2) is 12.7 Å². The molecule has 1 aliphatic rings. The van der Waals surface area contributed by atoms with Gasteiger partial charge in [-0.1, -0.05) is 23.7 Å². The number of rotatable bonds is 6. The lowest BCUT2D eigenvalue weighted by molar-refractivity contribution is 0.0978. The number of sulfonamides is 1. The van der Waals surface area contributed by atoms with Gasteiger partial charge in [0.1, 0.15) is 4.90 Å². The third-order valence-corrected chi connectivity index (χ3v) is 7.45. The highest BCUT2D eigenvalue weighted by Gasteiger charge is 2.27. The molecule has 28 heavy (non-hydrogen) atoms. The molecule has 9 heteroatoms. The van der Waals surface area contributed by atoms with Crippen LogP contribution in [0.1, 0.15) is 17.0 Å². The molecule has 1 saturated heterocycles. The summed E-state index contributed by atoms with van der Waals surface area (Å²) >= 11 is 6.07. The highest BCUT2D eigenvalue weighted by molar-refractivity contribution is 7.89. The molecule has 0 aliphatic carbocycles. The fraction of sp³-hybridized carbons (Fsp3) is 0.526. The molecule has 2 aromatic rings. The lowest BCUT2D eigenvalue weighted by Gasteiger charge is -2.34. The van der Waals surface area contributed by atoms with Gasteiger partial charge in [-0.3, -0.25) is 14.5 Å². The summed E-state index contributed by atoms with van der Waals surface area (Å²) in [4.78, 5) is 5.03. The SMILES string of the molecule is Cc1nn(CN2CCN(Cc3cccc(Cl)c3)CC2)c(C)c1S(=O)(=O)N(C)C. The molecule has 0 saturated carbocycles. The van der Waals surface area contributed by atoms with Crippen LogP contribution in [-0.2, 0) is 23.2 Å². The molecule has 0 unspecified atom stereocenters.